The normalized spacial score (nSPS) is 9.92. The minimum Gasteiger partial charge on any atom is -0.399 e. The Labute approximate surface area is 139 Å². The predicted octanol–water partition coefficient (Wildman–Crippen LogP) is 2.05. The van der Waals surface area contributed by atoms with Crippen molar-refractivity contribution in [2.75, 3.05) is 17.7 Å². The molecule has 124 valence electrons. The van der Waals surface area contributed by atoms with Crippen molar-refractivity contribution in [1.29, 1.82) is 0 Å². The number of fused-ring (bicyclic) bond motifs is 1. The van der Waals surface area contributed by atoms with Gasteiger partial charge in [-0.3, -0.25) is 4.79 Å². The monoisotopic (exact) mass is 325 g/mol. The van der Waals surface area contributed by atoms with Gasteiger partial charge in [-0.25, -0.2) is 9.97 Å². The van der Waals surface area contributed by atoms with Crippen molar-refractivity contribution in [3.05, 3.63) is 54.2 Å². The highest BCUT2D eigenvalue weighted by molar-refractivity contribution is 5.98. The Morgan fingerprint density at radius 3 is 2.33 bits per heavy atom. The summed E-state index contributed by atoms with van der Waals surface area (Å²) < 4.78 is 0. The Morgan fingerprint density at radius 1 is 1.12 bits per heavy atom. The molecule has 1 amide bonds. The summed E-state index contributed by atoms with van der Waals surface area (Å²) in [5, 5.41) is 10.6. The van der Waals surface area contributed by atoms with Crippen LogP contribution < -0.4 is 16.8 Å². The van der Waals surface area contributed by atoms with Crippen molar-refractivity contribution < 1.29 is 9.90 Å². The topological polar surface area (TPSA) is 127 Å². The second kappa shape index (κ2) is 7.89. The van der Waals surface area contributed by atoms with Crippen molar-refractivity contribution >= 4 is 34.1 Å². The lowest BCUT2D eigenvalue weighted by Crippen LogP contribution is -2.16. The highest BCUT2D eigenvalue weighted by Gasteiger charge is 2.13. The molecule has 7 heteroatoms. The van der Waals surface area contributed by atoms with Crippen LogP contribution in [0.3, 0.4) is 0 Å². The van der Waals surface area contributed by atoms with E-state index in [1.807, 2.05) is 24.3 Å². The number of nitrogens with zero attached hydrogens (tertiary/aromatic N) is 2. The molecule has 1 heterocycles. The van der Waals surface area contributed by atoms with Gasteiger partial charge in [0.2, 0.25) is 0 Å². The number of nitrogens with two attached hydrogens (primary N) is 2. The van der Waals surface area contributed by atoms with Gasteiger partial charge in [0.15, 0.2) is 11.5 Å². The van der Waals surface area contributed by atoms with Crippen LogP contribution in [0.2, 0.25) is 0 Å². The molecule has 7 nitrogen and oxygen atoms in total. The van der Waals surface area contributed by atoms with Crippen LogP contribution in [-0.4, -0.2) is 27.6 Å². The number of rotatable bonds is 3. The highest BCUT2D eigenvalue weighted by Crippen LogP contribution is 2.22. The smallest absolute Gasteiger partial charge is 0.271 e. The molecule has 0 aliphatic carbocycles. The fourth-order valence-electron chi connectivity index (χ4n) is 2.01. The van der Waals surface area contributed by atoms with Crippen molar-refractivity contribution in [3.63, 3.8) is 0 Å². The van der Waals surface area contributed by atoms with Crippen molar-refractivity contribution in [1.82, 2.24) is 9.97 Å². The van der Waals surface area contributed by atoms with Gasteiger partial charge in [0.1, 0.15) is 0 Å². The van der Waals surface area contributed by atoms with E-state index in [-0.39, 0.29) is 12.3 Å². The zero-order chi connectivity index (χ0) is 17.5. The number of aromatic nitrogens is 2. The molecule has 1 aromatic heterocycles. The molecule has 0 radical (unpaired) electrons. The number of carbonyl (C=O) groups is 1. The number of nitrogen functional groups attached to an aromatic ring is 1. The number of primary amides is 1. The summed E-state index contributed by atoms with van der Waals surface area (Å²) in [5.41, 5.74) is 13.8. The maximum absolute atomic E-state index is 11.6. The van der Waals surface area contributed by atoms with Crippen LogP contribution in [0, 0.1) is 0 Å². The molecule has 0 unspecified atom stereocenters. The van der Waals surface area contributed by atoms with E-state index < -0.39 is 5.91 Å². The van der Waals surface area contributed by atoms with Gasteiger partial charge in [0, 0.05) is 18.0 Å². The summed E-state index contributed by atoms with van der Waals surface area (Å²) in [7, 11) is 0. The lowest BCUT2D eigenvalue weighted by atomic mass is 10.2. The average Bonchev–Trinajstić information content (AvgIpc) is 2.55. The molecular formula is C17H19N5O2. The largest absolute Gasteiger partial charge is 0.399 e. The van der Waals surface area contributed by atoms with E-state index in [1.54, 1.807) is 31.2 Å². The summed E-state index contributed by atoms with van der Waals surface area (Å²) in [6, 6.07) is 14.4. The average molecular weight is 325 g/mol. The second-order valence-corrected chi connectivity index (χ2v) is 4.84. The molecule has 0 atom stereocenters. The number of amides is 1. The maximum Gasteiger partial charge on any atom is 0.271 e. The third-order valence-corrected chi connectivity index (χ3v) is 2.95. The van der Waals surface area contributed by atoms with Gasteiger partial charge >= 0.3 is 0 Å². The first kappa shape index (κ1) is 17.2. The molecule has 6 N–H and O–H groups in total. The van der Waals surface area contributed by atoms with Crippen molar-refractivity contribution in [2.45, 2.75) is 6.92 Å². The SMILES string of the molecule is CCO.NC(=O)c1nc2ccccc2nc1Nc1cccc(N)c1. The number of aliphatic hydroxyl groups is 1. The molecule has 0 bridgehead atoms. The van der Waals surface area contributed by atoms with E-state index in [4.69, 9.17) is 16.6 Å². The van der Waals surface area contributed by atoms with Crippen molar-refractivity contribution in [3.8, 4) is 0 Å². The Balaban J connectivity index is 0.000000647. The number of para-hydroxylation sites is 2. The second-order valence-electron chi connectivity index (χ2n) is 4.84. The zero-order valence-electron chi connectivity index (χ0n) is 13.2. The standard InChI is InChI=1S/C15H13N5O.C2H6O/c16-9-4-3-5-10(8-9)18-15-13(14(17)21)19-11-6-1-2-7-12(11)20-15;1-2-3/h1-8H,16H2,(H2,17,21)(H,18,20);3H,2H2,1H3. The minimum atomic E-state index is -0.639. The third kappa shape index (κ3) is 4.17. The van der Waals surface area contributed by atoms with E-state index in [0.29, 0.717) is 28.2 Å². The van der Waals surface area contributed by atoms with Crippen molar-refractivity contribution in [2.24, 2.45) is 5.73 Å². The molecule has 3 rings (SSSR count). The van der Waals surface area contributed by atoms with Crippen LogP contribution in [0.25, 0.3) is 11.0 Å². The van der Waals surface area contributed by atoms with Crippen LogP contribution in [0.15, 0.2) is 48.5 Å². The van der Waals surface area contributed by atoms with Gasteiger partial charge < -0.3 is 21.9 Å². The van der Waals surface area contributed by atoms with Crippen LogP contribution in [0.1, 0.15) is 17.4 Å². The quantitative estimate of drug-likeness (QED) is 0.546. The molecule has 0 aliphatic rings. The molecule has 0 saturated carbocycles. The maximum atomic E-state index is 11.6. The lowest BCUT2D eigenvalue weighted by Gasteiger charge is -2.10. The molecule has 3 aromatic rings. The Bertz CT molecular complexity index is 851. The van der Waals surface area contributed by atoms with Crippen LogP contribution in [-0.2, 0) is 0 Å². The lowest BCUT2D eigenvalue weighted by molar-refractivity contribution is 0.0996. The van der Waals surface area contributed by atoms with Gasteiger partial charge in [-0.05, 0) is 37.3 Å². The summed E-state index contributed by atoms with van der Waals surface area (Å²) in [4.78, 5) is 20.2. The molecule has 0 saturated heterocycles. The van der Waals surface area contributed by atoms with Gasteiger partial charge in [0.25, 0.3) is 5.91 Å². The van der Waals surface area contributed by atoms with E-state index >= 15 is 0 Å². The highest BCUT2D eigenvalue weighted by atomic mass is 16.2. The number of hydrogen-bond acceptors (Lipinski definition) is 6. The third-order valence-electron chi connectivity index (χ3n) is 2.95. The molecule has 24 heavy (non-hydrogen) atoms. The van der Waals surface area contributed by atoms with E-state index in [2.05, 4.69) is 15.3 Å². The van der Waals surface area contributed by atoms with Gasteiger partial charge in [-0.1, -0.05) is 18.2 Å². The molecular weight excluding hydrogens is 306 g/mol. The molecule has 0 fully saturated rings. The Hall–Kier alpha value is -3.19. The van der Waals surface area contributed by atoms with E-state index in [0.717, 1.165) is 0 Å². The number of carbonyl (C=O) groups excluding carboxylic acids is 1. The van der Waals surface area contributed by atoms with Crippen LogP contribution >= 0.6 is 0 Å². The molecule has 0 aliphatic heterocycles. The van der Waals surface area contributed by atoms with Crippen LogP contribution in [0.4, 0.5) is 17.2 Å². The summed E-state index contributed by atoms with van der Waals surface area (Å²) in [6.07, 6.45) is 0. The van der Waals surface area contributed by atoms with Crippen LogP contribution in [0.5, 0.6) is 0 Å². The van der Waals surface area contributed by atoms with Gasteiger partial charge in [0.05, 0.1) is 11.0 Å². The number of anilines is 3. The molecule has 2 aromatic carbocycles. The summed E-state index contributed by atoms with van der Waals surface area (Å²) in [5.74, 6) is -0.327. The predicted molar refractivity (Wildman–Crippen MR) is 95.0 cm³/mol. The number of hydrogen-bond donors (Lipinski definition) is 4. The first-order chi connectivity index (χ1) is 11.5. The summed E-state index contributed by atoms with van der Waals surface area (Å²) in [6.45, 7) is 1.93. The fourth-order valence-corrected chi connectivity index (χ4v) is 2.01. The van der Waals surface area contributed by atoms with Gasteiger partial charge in [-0.15, -0.1) is 0 Å². The fraction of sp³-hybridized carbons (Fsp3) is 0.118. The zero-order valence-corrected chi connectivity index (χ0v) is 13.2. The number of nitrogens with one attached hydrogen (secondary N) is 1. The number of aliphatic hydroxyl groups excluding tert-OH is 1. The Morgan fingerprint density at radius 2 is 1.75 bits per heavy atom. The van der Waals surface area contributed by atoms with E-state index in [9.17, 15) is 4.79 Å². The molecule has 0 spiro atoms. The first-order valence-corrected chi connectivity index (χ1v) is 7.35. The first-order valence-electron chi connectivity index (χ1n) is 7.35. The summed E-state index contributed by atoms with van der Waals surface area (Å²) >= 11 is 0. The number of benzene rings is 2. The van der Waals surface area contributed by atoms with Gasteiger partial charge in [-0.2, -0.15) is 0 Å². The Kier molecular flexibility index (Phi) is 5.64. The minimum absolute atomic E-state index is 0.0936. The van der Waals surface area contributed by atoms with E-state index in [1.165, 1.54) is 0 Å².